The number of nitrogens with two attached hydrogens (primary N) is 1. The molecule has 0 radical (unpaired) electrons. The van der Waals surface area contributed by atoms with E-state index >= 15 is 0 Å². The van der Waals surface area contributed by atoms with E-state index in [1.54, 1.807) is 18.2 Å². The van der Waals surface area contributed by atoms with Crippen molar-refractivity contribution in [2.45, 2.75) is 44.2 Å². The molecule has 21 heavy (non-hydrogen) atoms. The van der Waals surface area contributed by atoms with Crippen LogP contribution in [0.4, 0.5) is 0 Å². The van der Waals surface area contributed by atoms with Gasteiger partial charge in [0.2, 0.25) is 10.0 Å². The van der Waals surface area contributed by atoms with Gasteiger partial charge in [-0.25, -0.2) is 13.1 Å². The van der Waals surface area contributed by atoms with E-state index in [1.807, 2.05) is 13.8 Å². The van der Waals surface area contributed by atoms with Crippen molar-refractivity contribution in [3.8, 4) is 0 Å². The molecule has 0 bridgehead atoms. The van der Waals surface area contributed by atoms with Crippen LogP contribution in [-0.4, -0.2) is 27.7 Å². The van der Waals surface area contributed by atoms with Crippen molar-refractivity contribution in [1.82, 2.24) is 4.72 Å². The summed E-state index contributed by atoms with van der Waals surface area (Å²) in [6.45, 7) is 5.60. The summed E-state index contributed by atoms with van der Waals surface area (Å²) in [6.07, 6.45) is 1.79. The van der Waals surface area contributed by atoms with Gasteiger partial charge in [-0.15, -0.1) is 0 Å². The van der Waals surface area contributed by atoms with Gasteiger partial charge >= 0.3 is 0 Å². The average Bonchev–Trinajstić information content (AvgIpc) is 2.48. The third-order valence-corrected chi connectivity index (χ3v) is 5.72. The zero-order valence-corrected chi connectivity index (χ0v) is 13.4. The molecule has 1 aromatic rings. The minimum Gasteiger partial charge on any atom is -0.381 e. The first kappa shape index (κ1) is 16.4. The van der Waals surface area contributed by atoms with E-state index in [-0.39, 0.29) is 10.9 Å². The maximum Gasteiger partial charge on any atom is 0.240 e. The summed E-state index contributed by atoms with van der Waals surface area (Å²) < 4.78 is 33.1. The molecule has 1 aliphatic heterocycles. The van der Waals surface area contributed by atoms with Crippen LogP contribution in [0.1, 0.15) is 30.9 Å². The molecule has 118 valence electrons. The van der Waals surface area contributed by atoms with Crippen molar-refractivity contribution in [3.05, 3.63) is 29.3 Å². The zero-order valence-electron chi connectivity index (χ0n) is 12.6. The Hall–Kier alpha value is -0.950. The van der Waals surface area contributed by atoms with E-state index in [9.17, 15) is 8.42 Å². The van der Waals surface area contributed by atoms with Gasteiger partial charge in [0.1, 0.15) is 0 Å². The number of aryl methyl sites for hydroxylation is 1. The molecule has 1 heterocycles. The molecule has 1 fully saturated rings. The Labute approximate surface area is 126 Å². The third-order valence-electron chi connectivity index (χ3n) is 4.16. The lowest BCUT2D eigenvalue weighted by molar-refractivity contribution is 0.0585. The molecule has 0 aromatic heterocycles. The second kappa shape index (κ2) is 6.87. The molecular weight excluding hydrogens is 288 g/mol. The zero-order chi connectivity index (χ0) is 15.5. The standard InChI is InChI=1S/C15H24N2O3S/c1-11-3-4-15(9-14(11)10-16)21(18,19)17-12(2)13-5-7-20-8-6-13/h3-4,9,12-13,17H,5-8,10,16H2,1-2H3. The van der Waals surface area contributed by atoms with Crippen molar-refractivity contribution < 1.29 is 13.2 Å². The molecule has 6 heteroatoms. The lowest BCUT2D eigenvalue weighted by Gasteiger charge is -2.28. The van der Waals surface area contributed by atoms with Crippen LogP contribution in [0.15, 0.2) is 23.1 Å². The quantitative estimate of drug-likeness (QED) is 0.864. The number of hydrogen-bond acceptors (Lipinski definition) is 4. The molecule has 0 saturated carbocycles. The molecule has 5 nitrogen and oxygen atoms in total. The van der Waals surface area contributed by atoms with Crippen LogP contribution in [0.2, 0.25) is 0 Å². The van der Waals surface area contributed by atoms with E-state index in [0.29, 0.717) is 25.7 Å². The predicted molar refractivity (Wildman–Crippen MR) is 82.4 cm³/mol. The van der Waals surface area contributed by atoms with Gasteiger partial charge in [0.15, 0.2) is 0 Å². The molecule has 2 rings (SSSR count). The Balaban J connectivity index is 2.14. The van der Waals surface area contributed by atoms with Crippen molar-refractivity contribution in [3.63, 3.8) is 0 Å². The second-order valence-corrected chi connectivity index (χ2v) is 7.37. The lowest BCUT2D eigenvalue weighted by Crippen LogP contribution is -2.40. The SMILES string of the molecule is Cc1ccc(S(=O)(=O)NC(C)C2CCOCC2)cc1CN. The summed E-state index contributed by atoms with van der Waals surface area (Å²) in [5.41, 5.74) is 7.52. The first-order valence-electron chi connectivity index (χ1n) is 7.33. The predicted octanol–water partition coefficient (Wildman–Crippen LogP) is 1.55. The topological polar surface area (TPSA) is 81.4 Å². The van der Waals surface area contributed by atoms with Gasteiger partial charge in [0, 0.05) is 25.8 Å². The van der Waals surface area contributed by atoms with E-state index < -0.39 is 10.0 Å². The Morgan fingerprint density at radius 3 is 2.67 bits per heavy atom. The van der Waals surface area contributed by atoms with E-state index in [4.69, 9.17) is 10.5 Å². The molecule has 1 atom stereocenters. The molecule has 1 unspecified atom stereocenters. The fourth-order valence-corrected chi connectivity index (χ4v) is 4.02. The van der Waals surface area contributed by atoms with E-state index in [2.05, 4.69) is 4.72 Å². The third kappa shape index (κ3) is 4.03. The average molecular weight is 312 g/mol. The lowest BCUT2D eigenvalue weighted by atomic mass is 9.94. The number of rotatable bonds is 5. The molecule has 1 saturated heterocycles. The van der Waals surface area contributed by atoms with Crippen LogP contribution >= 0.6 is 0 Å². The van der Waals surface area contributed by atoms with Crippen LogP contribution in [0.5, 0.6) is 0 Å². The number of hydrogen-bond donors (Lipinski definition) is 2. The van der Waals surface area contributed by atoms with Crippen LogP contribution in [0, 0.1) is 12.8 Å². The normalized spacial score (nSPS) is 18.6. The molecule has 0 aliphatic carbocycles. The highest BCUT2D eigenvalue weighted by Gasteiger charge is 2.25. The number of benzene rings is 1. The van der Waals surface area contributed by atoms with Crippen LogP contribution in [-0.2, 0) is 21.3 Å². The summed E-state index contributed by atoms with van der Waals surface area (Å²) in [5, 5.41) is 0. The molecule has 3 N–H and O–H groups in total. The largest absolute Gasteiger partial charge is 0.381 e. The molecule has 0 spiro atoms. The Morgan fingerprint density at radius 1 is 1.38 bits per heavy atom. The maximum absolute atomic E-state index is 12.5. The Bertz CT molecular complexity index is 581. The summed E-state index contributed by atoms with van der Waals surface area (Å²) in [5.74, 6) is 0.327. The molecule has 1 aromatic carbocycles. The molecule has 1 aliphatic rings. The van der Waals surface area contributed by atoms with Crippen LogP contribution in [0.25, 0.3) is 0 Å². The van der Waals surface area contributed by atoms with Crippen LogP contribution < -0.4 is 10.5 Å². The van der Waals surface area contributed by atoms with Gasteiger partial charge in [-0.05, 0) is 55.9 Å². The Kier molecular flexibility index (Phi) is 5.37. The Morgan fingerprint density at radius 2 is 2.05 bits per heavy atom. The summed E-state index contributed by atoms with van der Waals surface area (Å²) in [4.78, 5) is 0.285. The number of sulfonamides is 1. The fraction of sp³-hybridized carbons (Fsp3) is 0.600. The van der Waals surface area contributed by atoms with Gasteiger partial charge in [0.25, 0.3) is 0 Å². The minimum atomic E-state index is -3.50. The van der Waals surface area contributed by atoms with Gasteiger partial charge < -0.3 is 10.5 Å². The van der Waals surface area contributed by atoms with Crippen LogP contribution in [0.3, 0.4) is 0 Å². The fourth-order valence-electron chi connectivity index (χ4n) is 2.66. The van der Waals surface area contributed by atoms with Gasteiger partial charge in [-0.3, -0.25) is 0 Å². The van der Waals surface area contributed by atoms with Gasteiger partial charge in [-0.1, -0.05) is 6.07 Å². The number of nitrogens with one attached hydrogen (secondary N) is 1. The summed E-state index contributed by atoms with van der Waals surface area (Å²) in [6, 6.07) is 5.00. The van der Waals surface area contributed by atoms with Crippen molar-refractivity contribution in [2.24, 2.45) is 11.7 Å². The van der Waals surface area contributed by atoms with Gasteiger partial charge in [-0.2, -0.15) is 0 Å². The molecular formula is C15H24N2O3S. The maximum atomic E-state index is 12.5. The minimum absolute atomic E-state index is 0.0958. The summed E-state index contributed by atoms with van der Waals surface area (Å²) in [7, 11) is -3.50. The highest BCUT2D eigenvalue weighted by atomic mass is 32.2. The second-order valence-electron chi connectivity index (χ2n) is 5.65. The highest BCUT2D eigenvalue weighted by Crippen LogP contribution is 2.21. The van der Waals surface area contributed by atoms with Crippen molar-refractivity contribution in [2.75, 3.05) is 13.2 Å². The first-order chi connectivity index (χ1) is 9.94. The van der Waals surface area contributed by atoms with E-state index in [0.717, 1.165) is 24.0 Å². The van der Waals surface area contributed by atoms with Gasteiger partial charge in [0.05, 0.1) is 4.90 Å². The highest BCUT2D eigenvalue weighted by molar-refractivity contribution is 7.89. The van der Waals surface area contributed by atoms with Crippen molar-refractivity contribution in [1.29, 1.82) is 0 Å². The smallest absolute Gasteiger partial charge is 0.240 e. The number of ether oxygens (including phenoxy) is 1. The monoisotopic (exact) mass is 312 g/mol. The summed E-state index contributed by atoms with van der Waals surface area (Å²) >= 11 is 0. The van der Waals surface area contributed by atoms with Crippen molar-refractivity contribution >= 4 is 10.0 Å². The molecule has 0 amide bonds. The first-order valence-corrected chi connectivity index (χ1v) is 8.82. The van der Waals surface area contributed by atoms with E-state index in [1.165, 1.54) is 0 Å².